The smallest absolute Gasteiger partial charge is 0.264 e. The molecule has 0 unspecified atom stereocenters. The molecule has 1 N–H and O–H groups in total. The van der Waals surface area contributed by atoms with E-state index in [1.807, 2.05) is 11.6 Å². The Morgan fingerprint density at radius 3 is 2.65 bits per heavy atom. The molecule has 0 radical (unpaired) electrons. The topological polar surface area (TPSA) is 107 Å². The SMILES string of the molecule is CCc1nn(C2CCCC2)c2nc(COS(C)(=O)=O)[nH]c(=O)c12. The summed E-state index contributed by atoms with van der Waals surface area (Å²) in [6.07, 6.45) is 5.91. The molecule has 1 aliphatic carbocycles. The molecule has 1 saturated carbocycles. The van der Waals surface area contributed by atoms with Crippen molar-refractivity contribution < 1.29 is 12.6 Å². The highest BCUT2D eigenvalue weighted by Gasteiger charge is 2.24. The summed E-state index contributed by atoms with van der Waals surface area (Å²) in [6.45, 7) is 1.65. The number of H-pyrrole nitrogens is 1. The van der Waals surface area contributed by atoms with E-state index in [2.05, 4.69) is 15.1 Å². The largest absolute Gasteiger partial charge is 0.308 e. The van der Waals surface area contributed by atoms with Crippen LogP contribution in [0.2, 0.25) is 0 Å². The summed E-state index contributed by atoms with van der Waals surface area (Å²) in [4.78, 5) is 19.4. The van der Waals surface area contributed by atoms with Gasteiger partial charge in [-0.15, -0.1) is 0 Å². The third kappa shape index (κ3) is 3.30. The van der Waals surface area contributed by atoms with Gasteiger partial charge in [0.25, 0.3) is 15.7 Å². The van der Waals surface area contributed by atoms with Crippen molar-refractivity contribution in [3.63, 3.8) is 0 Å². The zero-order valence-electron chi connectivity index (χ0n) is 13.2. The van der Waals surface area contributed by atoms with Crippen LogP contribution >= 0.6 is 0 Å². The summed E-state index contributed by atoms with van der Waals surface area (Å²) in [5.74, 6) is 0.190. The minimum absolute atomic E-state index is 0.190. The minimum atomic E-state index is -3.60. The predicted molar refractivity (Wildman–Crippen MR) is 84.7 cm³/mol. The molecule has 0 atom stereocenters. The van der Waals surface area contributed by atoms with E-state index >= 15 is 0 Å². The molecule has 2 heterocycles. The van der Waals surface area contributed by atoms with E-state index in [1.54, 1.807) is 0 Å². The Hall–Kier alpha value is -1.74. The number of hydrogen-bond acceptors (Lipinski definition) is 6. The van der Waals surface area contributed by atoms with E-state index < -0.39 is 10.1 Å². The Labute approximate surface area is 134 Å². The van der Waals surface area contributed by atoms with Crippen molar-refractivity contribution in [3.8, 4) is 0 Å². The van der Waals surface area contributed by atoms with Gasteiger partial charge in [0.1, 0.15) is 17.8 Å². The van der Waals surface area contributed by atoms with Gasteiger partial charge >= 0.3 is 0 Å². The summed E-state index contributed by atoms with van der Waals surface area (Å²) in [6, 6.07) is 0.246. The van der Waals surface area contributed by atoms with Crippen LogP contribution in [-0.4, -0.2) is 34.4 Å². The molecule has 0 bridgehead atoms. The van der Waals surface area contributed by atoms with E-state index in [0.717, 1.165) is 37.6 Å². The first-order valence-corrected chi connectivity index (χ1v) is 9.55. The number of rotatable bonds is 5. The van der Waals surface area contributed by atoms with Crippen molar-refractivity contribution in [2.75, 3.05) is 6.26 Å². The van der Waals surface area contributed by atoms with Gasteiger partial charge in [-0.2, -0.15) is 13.5 Å². The molecule has 9 heteroatoms. The van der Waals surface area contributed by atoms with Crippen molar-refractivity contribution in [1.29, 1.82) is 0 Å². The minimum Gasteiger partial charge on any atom is -0.308 e. The number of fused-ring (bicyclic) bond motifs is 1. The Bertz CT molecular complexity index is 878. The van der Waals surface area contributed by atoms with E-state index in [9.17, 15) is 13.2 Å². The molecule has 3 rings (SSSR count). The fraction of sp³-hybridized carbons (Fsp3) is 0.643. The quantitative estimate of drug-likeness (QED) is 0.822. The highest BCUT2D eigenvalue weighted by Crippen LogP contribution is 2.31. The van der Waals surface area contributed by atoms with Gasteiger partial charge in [0.15, 0.2) is 5.65 Å². The van der Waals surface area contributed by atoms with Gasteiger partial charge in [-0.05, 0) is 19.3 Å². The van der Waals surface area contributed by atoms with Gasteiger partial charge in [0, 0.05) is 0 Å². The summed E-state index contributed by atoms with van der Waals surface area (Å²) in [5.41, 5.74) is 0.934. The molecule has 126 valence electrons. The van der Waals surface area contributed by atoms with Gasteiger partial charge in [0.05, 0.1) is 18.0 Å². The van der Waals surface area contributed by atoms with Crippen LogP contribution in [0, 0.1) is 0 Å². The molecule has 2 aromatic heterocycles. The lowest BCUT2D eigenvalue weighted by Crippen LogP contribution is -2.16. The zero-order valence-corrected chi connectivity index (χ0v) is 14.0. The normalized spacial score (nSPS) is 16.4. The molecule has 2 aromatic rings. The van der Waals surface area contributed by atoms with Crippen LogP contribution in [0.4, 0.5) is 0 Å². The third-order valence-corrected chi connectivity index (χ3v) is 4.64. The van der Waals surface area contributed by atoms with Gasteiger partial charge in [-0.3, -0.25) is 8.98 Å². The van der Waals surface area contributed by atoms with Gasteiger partial charge < -0.3 is 4.98 Å². The Morgan fingerprint density at radius 1 is 1.35 bits per heavy atom. The zero-order chi connectivity index (χ0) is 16.6. The number of aromatic nitrogens is 4. The van der Waals surface area contributed by atoms with E-state index in [0.29, 0.717) is 17.5 Å². The highest BCUT2D eigenvalue weighted by molar-refractivity contribution is 7.85. The first-order valence-electron chi connectivity index (χ1n) is 7.73. The average Bonchev–Trinajstić information content (AvgIpc) is 3.11. The van der Waals surface area contributed by atoms with Crippen LogP contribution in [0.1, 0.15) is 50.2 Å². The van der Waals surface area contributed by atoms with Crippen molar-refractivity contribution in [2.24, 2.45) is 0 Å². The van der Waals surface area contributed by atoms with E-state index in [4.69, 9.17) is 4.18 Å². The second-order valence-corrected chi connectivity index (χ2v) is 7.50. The summed E-state index contributed by atoms with van der Waals surface area (Å²) in [5, 5.41) is 5.06. The van der Waals surface area contributed by atoms with Crippen LogP contribution in [0.5, 0.6) is 0 Å². The second-order valence-electron chi connectivity index (χ2n) is 5.86. The average molecular weight is 340 g/mol. The molecule has 0 aliphatic heterocycles. The van der Waals surface area contributed by atoms with Gasteiger partial charge in [-0.1, -0.05) is 19.8 Å². The van der Waals surface area contributed by atoms with Gasteiger partial charge in [-0.25, -0.2) is 9.67 Å². The van der Waals surface area contributed by atoms with Gasteiger partial charge in [0.2, 0.25) is 0 Å². The standard InChI is InChI=1S/C14H20N4O4S/c1-3-10-12-13(18(17-10)9-6-4-5-7-9)15-11(16-14(12)19)8-22-23(2,20)21/h9H,3-8H2,1-2H3,(H,15,16,19). The number of nitrogens with zero attached hydrogens (tertiary/aromatic N) is 3. The van der Waals surface area contributed by atoms with Crippen LogP contribution in [0.25, 0.3) is 11.0 Å². The molecule has 8 nitrogen and oxygen atoms in total. The Kier molecular flexibility index (Phi) is 4.24. The Morgan fingerprint density at radius 2 is 2.04 bits per heavy atom. The summed E-state index contributed by atoms with van der Waals surface area (Å²) < 4.78 is 28.8. The molecule has 0 saturated heterocycles. The number of nitrogens with one attached hydrogen (secondary N) is 1. The Balaban J connectivity index is 2.09. The molecular formula is C14H20N4O4S. The lowest BCUT2D eigenvalue weighted by Gasteiger charge is -2.10. The van der Waals surface area contributed by atoms with Crippen molar-refractivity contribution >= 4 is 21.2 Å². The monoisotopic (exact) mass is 340 g/mol. The fourth-order valence-corrected chi connectivity index (χ4v) is 3.37. The van der Waals surface area contributed by atoms with E-state index in [-0.39, 0.29) is 24.0 Å². The van der Waals surface area contributed by atoms with Crippen molar-refractivity contribution in [1.82, 2.24) is 19.7 Å². The predicted octanol–water partition coefficient (Wildman–Crippen LogP) is 1.27. The number of hydrogen-bond donors (Lipinski definition) is 1. The molecular weight excluding hydrogens is 320 g/mol. The molecule has 23 heavy (non-hydrogen) atoms. The first kappa shape index (κ1) is 16.1. The summed E-state index contributed by atoms with van der Waals surface area (Å²) in [7, 11) is -3.60. The molecule has 1 aliphatic rings. The summed E-state index contributed by atoms with van der Waals surface area (Å²) >= 11 is 0. The lowest BCUT2D eigenvalue weighted by atomic mass is 10.2. The van der Waals surface area contributed by atoms with Crippen LogP contribution < -0.4 is 5.56 Å². The number of aromatic amines is 1. The lowest BCUT2D eigenvalue weighted by molar-refractivity contribution is 0.302. The maximum atomic E-state index is 12.4. The molecule has 0 spiro atoms. The van der Waals surface area contributed by atoms with Crippen LogP contribution in [0.3, 0.4) is 0 Å². The maximum absolute atomic E-state index is 12.4. The van der Waals surface area contributed by atoms with Crippen molar-refractivity contribution in [3.05, 3.63) is 21.9 Å². The molecule has 0 amide bonds. The maximum Gasteiger partial charge on any atom is 0.264 e. The fourth-order valence-electron chi connectivity index (χ4n) is 3.04. The molecule has 1 fully saturated rings. The second kappa shape index (κ2) is 6.04. The first-order chi connectivity index (χ1) is 10.9. The molecule has 0 aromatic carbocycles. The van der Waals surface area contributed by atoms with Crippen LogP contribution in [-0.2, 0) is 27.3 Å². The van der Waals surface area contributed by atoms with Crippen LogP contribution in [0.15, 0.2) is 4.79 Å². The van der Waals surface area contributed by atoms with E-state index in [1.165, 1.54) is 0 Å². The third-order valence-electron chi connectivity index (χ3n) is 4.10. The van der Waals surface area contributed by atoms with Crippen molar-refractivity contribution in [2.45, 2.75) is 51.7 Å². The number of aryl methyl sites for hydroxylation is 1. The highest BCUT2D eigenvalue weighted by atomic mass is 32.2.